The summed E-state index contributed by atoms with van der Waals surface area (Å²) in [6.45, 7) is 0. The smallest absolute Gasteiger partial charge is 0.0529 e. The van der Waals surface area contributed by atoms with Crippen LogP contribution < -0.4 is 0 Å². The monoisotopic (exact) mass is 2320 g/mol. The van der Waals surface area contributed by atoms with Crippen LogP contribution in [0.3, 0.4) is 0 Å². The van der Waals surface area contributed by atoms with Crippen LogP contribution >= 0.6 is 283 Å². The maximum absolute atomic E-state index is 2.41. The molecule has 0 atom stereocenters. The lowest BCUT2D eigenvalue weighted by molar-refractivity contribution is 1.87. The SMILES string of the molecule is c1cc2c(ccc3c2ccc2c4sccc4sc32)s1.c1cc2cc3c(cc2s1)sc1ccsc13.c1cc2cc3cc4c(cc3cc2s1)sc1ccsc14.c1cc2cc3cc4sc5ccsc5c4cc3cc2s1.c1cc2cc3sc4cc5sc6ccsc6c5cc4c3cc2s1.c1cc2cc3sc4ccsc4c3cc2s1.c1cc2ccc3c(ccc4c5sccc5sc34)c2s1.c1ccc2c(c1)sc1cc3c(cc12)sc1ccsc13. The summed E-state index contributed by atoms with van der Waals surface area (Å²) < 4.78 is 49.6. The fourth-order valence-corrected chi connectivity index (χ4v) is 47.4. The highest BCUT2D eigenvalue weighted by molar-refractivity contribution is 7.38. The van der Waals surface area contributed by atoms with Crippen molar-refractivity contribution in [2.24, 2.45) is 0 Å². The highest BCUT2D eigenvalue weighted by atomic mass is 32.2. The van der Waals surface area contributed by atoms with Crippen molar-refractivity contribution >= 4 is 593 Å². The Bertz CT molecular complexity index is 11600. The molecular weight excluding hydrogens is 2270 g/mol. The van der Waals surface area contributed by atoms with E-state index in [1.165, 1.54) is 310 Å². The zero-order chi connectivity index (χ0) is 95.9. The van der Waals surface area contributed by atoms with Crippen molar-refractivity contribution in [2.45, 2.75) is 0 Å². The van der Waals surface area contributed by atoms with Crippen LogP contribution in [0.1, 0.15) is 0 Å². The maximum Gasteiger partial charge on any atom is 0.0529 e. The summed E-state index contributed by atoms with van der Waals surface area (Å²) in [6.07, 6.45) is 0. The zero-order valence-electron chi connectivity index (χ0n) is 75.8. The molecular formula is C122H60S25. The number of hydrogen-bond acceptors (Lipinski definition) is 25. The van der Waals surface area contributed by atoms with Gasteiger partial charge in [-0.15, -0.1) is 283 Å². The van der Waals surface area contributed by atoms with Crippen molar-refractivity contribution in [1.82, 2.24) is 0 Å². The van der Waals surface area contributed by atoms with Crippen LogP contribution in [0.15, 0.2) is 354 Å². The molecule has 0 bridgehead atoms. The van der Waals surface area contributed by atoms with Crippen LogP contribution in [0.2, 0.25) is 0 Å². The Balaban J connectivity index is 0.0000000748. The van der Waals surface area contributed by atoms with E-state index >= 15 is 0 Å². The van der Waals surface area contributed by atoms with Gasteiger partial charge in [0.1, 0.15) is 0 Å². The Kier molecular flexibility index (Phi) is 22.0. The second-order valence-electron chi connectivity index (χ2n) is 35.9. The number of thiophene rings is 25. The molecule has 0 N–H and O–H groups in total. The van der Waals surface area contributed by atoms with Gasteiger partial charge in [0.15, 0.2) is 0 Å². The molecule has 0 nitrogen and oxygen atoms in total. The van der Waals surface area contributed by atoms with E-state index in [9.17, 15) is 0 Å². The van der Waals surface area contributed by atoms with Crippen molar-refractivity contribution in [3.63, 3.8) is 0 Å². The first kappa shape index (κ1) is 89.5. The standard InChI is InChI=1S/C18H8S4.5C16H8S3.2C12H6S3/c1-3-19-14-7-11-10-6-12-17(21-13-2-4-20-18(12)13)8-16(10)22-15(11)5-9(1)14;1-3-17-14-7-11-6-12-15(8-10(11)5-9(1)14)19-13-2-4-18-16(12)13;1-3-17-14-7-11-8-15-12(6-10(11)5-9(1)14)16-13(19-15)2-4-18-16;1-2-12-15(19-14-6-8-18-16(12)14)11-3-4-13-10(9(1)11)5-7-17-13;1-2-11-10(14-9(1)5-7-17-14)3-4-12-15(11)19-13-6-8-18-16(12)13;1-2-4-12-9(3-1)10-7-15-11(8-14(10)18-12)16-13(19-15)5-6-17-16;1-3-13-10-6-8-11(5-7(1)10)15-9-2-4-14-12(8)9;1-3-13-10-6-11-8(5-7(1)10)12-9(15-11)2-4-14-12/h1-8H;5*1-8H;2*1-6H. The fourth-order valence-electron chi connectivity index (χ4n) is 20.8. The molecule has 0 aliphatic rings. The van der Waals surface area contributed by atoms with Crippen LogP contribution in [0.5, 0.6) is 0 Å². The minimum atomic E-state index is 1.35. The van der Waals surface area contributed by atoms with Gasteiger partial charge in [-0.2, -0.15) is 0 Å². The first-order chi connectivity index (χ1) is 72.7. The van der Waals surface area contributed by atoms with Crippen molar-refractivity contribution in [2.75, 3.05) is 0 Å². The fraction of sp³-hybridized carbons (Fsp3) is 0. The topological polar surface area (TPSA) is 0 Å². The number of hydrogen-bond donors (Lipinski definition) is 0. The van der Waals surface area contributed by atoms with Crippen LogP contribution in [-0.4, -0.2) is 0 Å². The molecule has 25 heterocycles. The van der Waals surface area contributed by atoms with Crippen molar-refractivity contribution in [3.8, 4) is 0 Å². The van der Waals surface area contributed by atoms with Gasteiger partial charge in [0.25, 0.3) is 0 Å². The van der Waals surface area contributed by atoms with Crippen molar-refractivity contribution in [3.05, 3.63) is 354 Å². The maximum atomic E-state index is 2.41. The largest absolute Gasteiger partial charge is 0.144 e. The molecule has 0 spiro atoms. The van der Waals surface area contributed by atoms with Gasteiger partial charge in [0, 0.05) is 213 Å². The Morgan fingerprint density at radius 1 is 0.0884 bits per heavy atom. The minimum absolute atomic E-state index is 1.35. The van der Waals surface area contributed by atoms with E-state index in [1.807, 2.05) is 283 Å². The van der Waals surface area contributed by atoms with Crippen LogP contribution in [0, 0.1) is 0 Å². The van der Waals surface area contributed by atoms with E-state index in [2.05, 4.69) is 354 Å². The highest BCUT2D eigenvalue weighted by Crippen LogP contribution is 2.53. The summed E-state index contributed by atoms with van der Waals surface area (Å²) in [5, 5.41) is 70.3. The predicted molar refractivity (Wildman–Crippen MR) is 701 cm³/mol. The Labute approximate surface area is 934 Å². The lowest BCUT2D eigenvalue weighted by Crippen LogP contribution is -1.73. The summed E-state index contributed by atoms with van der Waals surface area (Å²) in [6, 6.07) is 103. The van der Waals surface area contributed by atoms with Gasteiger partial charge in [0.05, 0.1) is 37.6 Å². The summed E-state index contributed by atoms with van der Waals surface area (Å²) in [4.78, 5) is 0. The van der Waals surface area contributed by atoms with Crippen LogP contribution in [0.4, 0.5) is 0 Å². The summed E-state index contributed by atoms with van der Waals surface area (Å²) in [7, 11) is 0. The van der Waals surface area contributed by atoms with Gasteiger partial charge in [0.2, 0.25) is 0 Å². The van der Waals surface area contributed by atoms with Gasteiger partial charge in [-0.25, -0.2) is 0 Å². The molecule has 0 saturated heterocycles. The molecule has 0 unspecified atom stereocenters. The average Bonchev–Trinajstić information content (AvgIpc) is 2.24. The van der Waals surface area contributed by atoms with Gasteiger partial charge in [-0.1, -0.05) is 60.7 Å². The second kappa shape index (κ2) is 36.2. The molecule has 25 heteroatoms. The van der Waals surface area contributed by atoms with Crippen LogP contribution in [0.25, 0.3) is 310 Å². The molecule has 0 aliphatic carbocycles. The average molecular weight is 2330 g/mol. The summed E-state index contributed by atoms with van der Waals surface area (Å²) >= 11 is 46.7. The molecule has 0 saturated carbocycles. The number of fused-ring (bicyclic) bond motifs is 45. The van der Waals surface area contributed by atoms with Gasteiger partial charge >= 0.3 is 0 Å². The number of rotatable bonds is 0. The Morgan fingerprint density at radius 2 is 0.340 bits per heavy atom. The summed E-state index contributed by atoms with van der Waals surface area (Å²) in [5.74, 6) is 0. The lowest BCUT2D eigenvalue weighted by Gasteiger charge is -2.01. The molecule has 0 radical (unpaired) electrons. The molecule has 147 heavy (non-hydrogen) atoms. The zero-order valence-corrected chi connectivity index (χ0v) is 96.3. The molecule has 0 fully saturated rings. The van der Waals surface area contributed by atoms with Crippen LogP contribution in [-0.2, 0) is 0 Å². The molecule has 0 amide bonds. The molecule has 698 valence electrons. The molecule has 39 rings (SSSR count). The van der Waals surface area contributed by atoms with E-state index in [1.54, 1.807) is 0 Å². The Morgan fingerprint density at radius 3 is 0.871 bits per heavy atom. The first-order valence-electron chi connectivity index (χ1n) is 46.9. The highest BCUT2D eigenvalue weighted by Gasteiger charge is 2.21. The predicted octanol–water partition coefficient (Wildman–Crippen LogP) is 50.8. The lowest BCUT2D eigenvalue weighted by atomic mass is 10.1. The van der Waals surface area contributed by atoms with E-state index in [0.29, 0.717) is 0 Å². The van der Waals surface area contributed by atoms with E-state index in [-0.39, 0.29) is 0 Å². The van der Waals surface area contributed by atoms with Gasteiger partial charge in [-0.05, 0) is 352 Å². The third-order valence-electron chi connectivity index (χ3n) is 27.6. The minimum Gasteiger partial charge on any atom is -0.144 e. The Hall–Kier alpha value is -10.4. The third kappa shape index (κ3) is 15.2. The molecule has 25 aromatic heterocycles. The quantitative estimate of drug-likeness (QED) is 0.142. The third-order valence-corrected chi connectivity index (χ3v) is 53.9. The molecule has 39 aromatic rings. The van der Waals surface area contributed by atoms with E-state index in [0.717, 1.165) is 0 Å². The molecule has 14 aromatic carbocycles. The van der Waals surface area contributed by atoms with E-state index < -0.39 is 0 Å². The van der Waals surface area contributed by atoms with E-state index in [4.69, 9.17) is 0 Å². The van der Waals surface area contributed by atoms with Gasteiger partial charge < -0.3 is 0 Å². The number of benzene rings is 14. The first-order valence-corrected chi connectivity index (χ1v) is 68.2. The molecule has 0 aliphatic heterocycles. The normalized spacial score (nSPS) is 12.2. The van der Waals surface area contributed by atoms with Crippen molar-refractivity contribution in [1.29, 1.82) is 0 Å². The summed E-state index contributed by atoms with van der Waals surface area (Å²) in [5.41, 5.74) is 0. The van der Waals surface area contributed by atoms with Crippen molar-refractivity contribution < 1.29 is 0 Å². The van der Waals surface area contributed by atoms with Gasteiger partial charge in [-0.3, -0.25) is 0 Å². The second-order valence-corrected chi connectivity index (χ2v) is 60.6.